The van der Waals surface area contributed by atoms with Crippen LogP contribution in [-0.2, 0) is 23.1 Å². The summed E-state index contributed by atoms with van der Waals surface area (Å²) in [7, 11) is -3.45. The zero-order valence-electron chi connectivity index (χ0n) is 12.7. The highest BCUT2D eigenvalue weighted by atomic mass is 32.2. The molecule has 20 heavy (non-hydrogen) atoms. The molecule has 5 nitrogen and oxygen atoms in total. The van der Waals surface area contributed by atoms with Crippen molar-refractivity contribution in [1.82, 2.24) is 9.29 Å². The molecule has 116 valence electrons. The van der Waals surface area contributed by atoms with E-state index in [4.69, 9.17) is 5.73 Å². The Labute approximate surface area is 122 Å². The maximum atomic E-state index is 12.4. The van der Waals surface area contributed by atoms with Crippen LogP contribution in [0.1, 0.15) is 52.1 Å². The molecule has 0 aliphatic carbocycles. The van der Waals surface area contributed by atoms with Crippen LogP contribution in [0.25, 0.3) is 0 Å². The average Bonchev–Trinajstić information content (AvgIpc) is 2.82. The molecule has 0 aliphatic heterocycles. The van der Waals surface area contributed by atoms with Gasteiger partial charge in [-0.15, -0.1) is 0 Å². The second kappa shape index (κ2) is 7.81. The van der Waals surface area contributed by atoms with Crippen LogP contribution >= 0.6 is 0 Å². The summed E-state index contributed by atoms with van der Waals surface area (Å²) in [6.45, 7) is 7.24. The molecule has 1 unspecified atom stereocenters. The molecular weight excluding hydrogens is 274 g/mol. The normalized spacial score (nSPS) is 13.6. The first kappa shape index (κ1) is 17.2. The maximum Gasteiger partial charge on any atom is 0.242 e. The topological polar surface area (TPSA) is 77.1 Å². The summed E-state index contributed by atoms with van der Waals surface area (Å²) >= 11 is 0. The Morgan fingerprint density at radius 2 is 2.00 bits per heavy atom. The van der Waals surface area contributed by atoms with Gasteiger partial charge in [0.2, 0.25) is 10.0 Å². The third kappa shape index (κ3) is 4.33. The quantitative estimate of drug-likeness (QED) is 0.734. The van der Waals surface area contributed by atoms with Crippen molar-refractivity contribution < 1.29 is 8.42 Å². The van der Waals surface area contributed by atoms with Crippen molar-refractivity contribution in [2.45, 2.75) is 70.5 Å². The summed E-state index contributed by atoms with van der Waals surface area (Å²) in [5.74, 6) is 0. The number of rotatable bonds is 9. The minimum absolute atomic E-state index is 0.000789. The van der Waals surface area contributed by atoms with Gasteiger partial charge in [-0.3, -0.25) is 0 Å². The molecule has 1 atom stereocenters. The van der Waals surface area contributed by atoms with E-state index in [1.165, 1.54) is 0 Å². The van der Waals surface area contributed by atoms with Gasteiger partial charge in [-0.05, 0) is 25.3 Å². The van der Waals surface area contributed by atoms with E-state index in [0.29, 0.717) is 11.4 Å². The second-order valence-corrected chi connectivity index (χ2v) is 6.79. The lowest BCUT2D eigenvalue weighted by molar-refractivity contribution is 0.512. The highest BCUT2D eigenvalue weighted by Gasteiger charge is 2.21. The van der Waals surface area contributed by atoms with Crippen LogP contribution in [0.15, 0.2) is 17.2 Å². The van der Waals surface area contributed by atoms with Crippen LogP contribution in [0.2, 0.25) is 0 Å². The first-order chi connectivity index (χ1) is 9.48. The summed E-state index contributed by atoms with van der Waals surface area (Å²) in [5, 5.41) is 0. The Hall–Kier alpha value is -0.850. The predicted molar refractivity (Wildman–Crippen MR) is 81.9 cm³/mol. The van der Waals surface area contributed by atoms with Crippen LogP contribution in [0.5, 0.6) is 0 Å². The summed E-state index contributed by atoms with van der Waals surface area (Å²) in [6, 6.07) is 1.68. The Balaban J connectivity index is 2.97. The van der Waals surface area contributed by atoms with E-state index in [1.807, 2.05) is 11.5 Å². The van der Waals surface area contributed by atoms with Gasteiger partial charge in [0.05, 0.1) is 4.90 Å². The number of hydrogen-bond acceptors (Lipinski definition) is 3. The Kier molecular flexibility index (Phi) is 6.71. The molecule has 0 saturated carbocycles. The summed E-state index contributed by atoms with van der Waals surface area (Å²) < 4.78 is 29.5. The van der Waals surface area contributed by atoms with Crippen LogP contribution in [0.4, 0.5) is 0 Å². The fraction of sp³-hybridized carbons (Fsp3) is 0.714. The third-order valence-electron chi connectivity index (χ3n) is 3.40. The van der Waals surface area contributed by atoms with Gasteiger partial charge in [0.1, 0.15) is 0 Å². The van der Waals surface area contributed by atoms with Crippen molar-refractivity contribution in [3.63, 3.8) is 0 Å². The molecule has 0 amide bonds. The lowest BCUT2D eigenvalue weighted by atomic mass is 10.1. The molecule has 0 fully saturated rings. The van der Waals surface area contributed by atoms with Gasteiger partial charge in [0.15, 0.2) is 0 Å². The highest BCUT2D eigenvalue weighted by Crippen LogP contribution is 2.16. The number of sulfonamides is 1. The van der Waals surface area contributed by atoms with Crippen LogP contribution in [-0.4, -0.2) is 19.0 Å². The molecule has 0 bridgehead atoms. The largest absolute Gasteiger partial charge is 0.349 e. The van der Waals surface area contributed by atoms with E-state index in [-0.39, 0.29) is 6.04 Å². The minimum atomic E-state index is -3.45. The van der Waals surface area contributed by atoms with E-state index >= 15 is 0 Å². The molecule has 0 aliphatic rings. The first-order valence-electron chi connectivity index (χ1n) is 7.39. The van der Waals surface area contributed by atoms with Crippen molar-refractivity contribution >= 4 is 10.0 Å². The Morgan fingerprint density at radius 3 is 2.50 bits per heavy atom. The van der Waals surface area contributed by atoms with Crippen molar-refractivity contribution in [2.24, 2.45) is 5.73 Å². The first-order valence-corrected chi connectivity index (χ1v) is 8.88. The van der Waals surface area contributed by atoms with Crippen molar-refractivity contribution in [3.05, 3.63) is 18.0 Å². The van der Waals surface area contributed by atoms with Gasteiger partial charge in [0, 0.05) is 31.0 Å². The average molecular weight is 301 g/mol. The van der Waals surface area contributed by atoms with Gasteiger partial charge < -0.3 is 10.3 Å². The van der Waals surface area contributed by atoms with Crippen LogP contribution < -0.4 is 10.5 Å². The van der Waals surface area contributed by atoms with Gasteiger partial charge in [-0.1, -0.05) is 27.2 Å². The molecule has 0 saturated heterocycles. The number of aromatic nitrogens is 1. The van der Waals surface area contributed by atoms with Gasteiger partial charge in [-0.2, -0.15) is 0 Å². The number of hydrogen-bond donors (Lipinski definition) is 2. The predicted octanol–water partition coefficient (Wildman–Crippen LogP) is 2.21. The molecule has 1 aromatic rings. The van der Waals surface area contributed by atoms with E-state index in [1.54, 1.807) is 12.3 Å². The molecule has 1 aromatic heterocycles. The van der Waals surface area contributed by atoms with E-state index in [0.717, 1.165) is 37.9 Å². The molecule has 6 heteroatoms. The summed E-state index contributed by atoms with van der Waals surface area (Å²) in [6.07, 6.45) is 5.25. The summed E-state index contributed by atoms with van der Waals surface area (Å²) in [4.78, 5) is 0.320. The van der Waals surface area contributed by atoms with Crippen molar-refractivity contribution in [2.75, 3.05) is 0 Å². The van der Waals surface area contributed by atoms with Crippen molar-refractivity contribution in [3.8, 4) is 0 Å². The van der Waals surface area contributed by atoms with Crippen LogP contribution in [0.3, 0.4) is 0 Å². The number of nitrogens with zero attached hydrogens (tertiary/aromatic N) is 1. The standard InChI is InChI=1S/C14H27N3O2S/c1-4-7-12(6-3)16-20(18,19)14-9-13(10-15)17(11-14)8-5-2/h9,11-12,16H,4-8,10,15H2,1-3H3. The molecule has 1 heterocycles. The molecule has 3 N–H and O–H groups in total. The maximum absolute atomic E-state index is 12.4. The van der Waals surface area contributed by atoms with Gasteiger partial charge in [-0.25, -0.2) is 13.1 Å². The molecule has 1 rings (SSSR count). The zero-order chi connectivity index (χ0) is 15.2. The second-order valence-electron chi connectivity index (χ2n) is 5.08. The van der Waals surface area contributed by atoms with Crippen LogP contribution in [0, 0.1) is 0 Å². The Bertz CT molecular complexity index is 508. The molecule has 0 aromatic carbocycles. The minimum Gasteiger partial charge on any atom is -0.349 e. The van der Waals surface area contributed by atoms with Gasteiger partial charge in [0.25, 0.3) is 0 Å². The molecular formula is C14H27N3O2S. The fourth-order valence-electron chi connectivity index (χ4n) is 2.28. The van der Waals surface area contributed by atoms with Crippen molar-refractivity contribution in [1.29, 1.82) is 0 Å². The zero-order valence-corrected chi connectivity index (χ0v) is 13.5. The smallest absolute Gasteiger partial charge is 0.242 e. The lowest BCUT2D eigenvalue weighted by Crippen LogP contribution is -2.34. The van der Waals surface area contributed by atoms with Gasteiger partial charge >= 0.3 is 0 Å². The summed E-state index contributed by atoms with van der Waals surface area (Å²) in [5.41, 5.74) is 6.53. The third-order valence-corrected chi connectivity index (χ3v) is 4.88. The SMILES string of the molecule is CCCC(CC)NS(=O)(=O)c1cc(CN)n(CCC)c1. The molecule has 0 radical (unpaired) electrons. The Morgan fingerprint density at radius 1 is 1.30 bits per heavy atom. The highest BCUT2D eigenvalue weighted by molar-refractivity contribution is 7.89. The lowest BCUT2D eigenvalue weighted by Gasteiger charge is -2.15. The monoisotopic (exact) mass is 301 g/mol. The van der Waals surface area contributed by atoms with E-state index in [9.17, 15) is 8.42 Å². The number of aryl methyl sites for hydroxylation is 1. The van der Waals surface area contributed by atoms with E-state index in [2.05, 4.69) is 18.6 Å². The molecule has 0 spiro atoms. The fourth-order valence-corrected chi connectivity index (χ4v) is 3.69. The number of nitrogens with two attached hydrogens (primary N) is 1. The number of nitrogens with one attached hydrogen (secondary N) is 1. The van der Waals surface area contributed by atoms with E-state index < -0.39 is 10.0 Å².